The number of carbonyl (C=O) groups excluding carboxylic acids is 1. The van der Waals surface area contributed by atoms with Gasteiger partial charge in [-0.05, 0) is 26.2 Å². The third-order valence-electron chi connectivity index (χ3n) is 2.23. The minimum absolute atomic E-state index is 0.0447. The van der Waals surface area contributed by atoms with Crippen LogP contribution in [0.3, 0.4) is 0 Å². The van der Waals surface area contributed by atoms with Gasteiger partial charge in [-0.1, -0.05) is 13.3 Å². The van der Waals surface area contributed by atoms with Crippen molar-refractivity contribution in [2.75, 3.05) is 19.0 Å². The first-order chi connectivity index (χ1) is 7.10. The van der Waals surface area contributed by atoms with Crippen molar-refractivity contribution in [1.29, 1.82) is 0 Å². The highest BCUT2D eigenvalue weighted by atomic mass is 35.5. The molecule has 0 fully saturated rings. The molecule has 0 aliphatic heterocycles. The monoisotopic (exact) mass is 235 g/mol. The maximum atomic E-state index is 11.3. The summed E-state index contributed by atoms with van der Waals surface area (Å²) in [7, 11) is 0. The van der Waals surface area contributed by atoms with E-state index in [1.165, 1.54) is 0 Å². The van der Waals surface area contributed by atoms with Crippen molar-refractivity contribution in [2.45, 2.75) is 39.7 Å². The van der Waals surface area contributed by atoms with Gasteiger partial charge < -0.3 is 10.1 Å². The fourth-order valence-corrected chi connectivity index (χ4v) is 1.46. The van der Waals surface area contributed by atoms with Gasteiger partial charge in [0, 0.05) is 12.4 Å². The molecule has 15 heavy (non-hydrogen) atoms. The molecule has 90 valence electrons. The lowest BCUT2D eigenvalue weighted by Gasteiger charge is -2.14. The molecule has 1 atom stereocenters. The lowest BCUT2D eigenvalue weighted by Crippen LogP contribution is -2.33. The zero-order chi connectivity index (χ0) is 11.7. The third-order valence-corrected chi connectivity index (χ3v) is 2.45. The Labute approximate surface area is 97.5 Å². The van der Waals surface area contributed by atoms with Crippen molar-refractivity contribution < 1.29 is 9.53 Å². The van der Waals surface area contributed by atoms with Crippen LogP contribution in [0.5, 0.6) is 0 Å². The lowest BCUT2D eigenvalue weighted by atomic mass is 10.0. The van der Waals surface area contributed by atoms with Crippen LogP contribution in [0, 0.1) is 5.92 Å². The number of alkyl halides is 1. The average molecular weight is 236 g/mol. The van der Waals surface area contributed by atoms with E-state index in [2.05, 4.69) is 12.2 Å². The van der Waals surface area contributed by atoms with Crippen molar-refractivity contribution in [3.8, 4) is 0 Å². The first-order valence-electron chi connectivity index (χ1n) is 5.54. The summed E-state index contributed by atoms with van der Waals surface area (Å²) in [6, 6.07) is 0. The second kappa shape index (κ2) is 8.98. The summed E-state index contributed by atoms with van der Waals surface area (Å²) in [4.78, 5) is 11.3. The first-order valence-corrected chi connectivity index (χ1v) is 6.07. The Morgan fingerprint density at radius 3 is 2.60 bits per heavy atom. The molecule has 0 aromatic carbocycles. The van der Waals surface area contributed by atoms with Crippen LogP contribution < -0.4 is 5.32 Å². The Kier molecular flexibility index (Phi) is 8.82. The molecule has 0 aromatic rings. The third kappa shape index (κ3) is 8.70. The number of nitrogens with one attached hydrogen (secondary N) is 1. The summed E-state index contributed by atoms with van der Waals surface area (Å²) >= 11 is 5.66. The van der Waals surface area contributed by atoms with Crippen molar-refractivity contribution in [1.82, 2.24) is 5.32 Å². The van der Waals surface area contributed by atoms with E-state index in [-0.39, 0.29) is 18.6 Å². The molecule has 0 aliphatic carbocycles. The van der Waals surface area contributed by atoms with E-state index >= 15 is 0 Å². The van der Waals surface area contributed by atoms with Gasteiger partial charge in [0.1, 0.15) is 6.61 Å². The Bertz CT molecular complexity index is 174. The van der Waals surface area contributed by atoms with Gasteiger partial charge >= 0.3 is 0 Å². The molecule has 3 nitrogen and oxygen atoms in total. The summed E-state index contributed by atoms with van der Waals surface area (Å²) in [6.45, 7) is 6.78. The first kappa shape index (κ1) is 14.7. The molecule has 0 saturated heterocycles. The molecule has 1 unspecified atom stereocenters. The van der Waals surface area contributed by atoms with Crippen molar-refractivity contribution in [3.63, 3.8) is 0 Å². The fourth-order valence-electron chi connectivity index (χ4n) is 1.16. The largest absolute Gasteiger partial charge is 0.369 e. The molecule has 1 N–H and O–H groups in total. The zero-order valence-electron chi connectivity index (χ0n) is 9.88. The molecular formula is C11H22ClNO2. The number of halogens is 1. The van der Waals surface area contributed by atoms with Crippen LogP contribution in [0.15, 0.2) is 0 Å². The van der Waals surface area contributed by atoms with Crippen LogP contribution in [-0.4, -0.2) is 31.0 Å². The fraction of sp³-hybridized carbons (Fsp3) is 0.909. The number of hydrogen-bond acceptors (Lipinski definition) is 2. The predicted octanol–water partition coefficient (Wildman–Crippen LogP) is 2.18. The van der Waals surface area contributed by atoms with E-state index in [1.807, 2.05) is 13.8 Å². The smallest absolute Gasteiger partial charge is 0.246 e. The van der Waals surface area contributed by atoms with Crippen LogP contribution in [-0.2, 0) is 9.53 Å². The van der Waals surface area contributed by atoms with Crippen molar-refractivity contribution >= 4 is 17.5 Å². The minimum atomic E-state index is -0.0447. The zero-order valence-corrected chi connectivity index (χ0v) is 10.6. The van der Waals surface area contributed by atoms with Crippen molar-refractivity contribution in [3.05, 3.63) is 0 Å². The molecular weight excluding hydrogens is 214 g/mol. The topological polar surface area (TPSA) is 38.3 Å². The molecule has 0 radical (unpaired) electrons. The summed E-state index contributed by atoms with van der Waals surface area (Å²) < 4.78 is 5.19. The minimum Gasteiger partial charge on any atom is -0.369 e. The Hall–Kier alpha value is -0.280. The number of ether oxygens (including phenoxy) is 1. The van der Waals surface area contributed by atoms with Gasteiger partial charge in [0.2, 0.25) is 5.91 Å². The van der Waals surface area contributed by atoms with E-state index in [0.29, 0.717) is 18.3 Å². The quantitative estimate of drug-likeness (QED) is 0.655. The molecule has 0 spiro atoms. The average Bonchev–Trinajstić information content (AvgIpc) is 2.21. The summed E-state index contributed by atoms with van der Waals surface area (Å²) in [5.74, 6) is 1.08. The van der Waals surface area contributed by atoms with Crippen LogP contribution in [0.4, 0.5) is 0 Å². The highest BCUT2D eigenvalue weighted by molar-refractivity contribution is 6.17. The van der Waals surface area contributed by atoms with Gasteiger partial charge in [0.05, 0.1) is 6.10 Å². The van der Waals surface area contributed by atoms with Gasteiger partial charge in [0.15, 0.2) is 0 Å². The summed E-state index contributed by atoms with van der Waals surface area (Å²) in [6.07, 6.45) is 2.09. The second-order valence-corrected chi connectivity index (χ2v) is 4.29. The van der Waals surface area contributed by atoms with E-state index < -0.39 is 0 Å². The maximum absolute atomic E-state index is 11.3. The predicted molar refractivity (Wildman–Crippen MR) is 63.2 cm³/mol. The van der Waals surface area contributed by atoms with E-state index in [0.717, 1.165) is 12.8 Å². The molecule has 1 amide bonds. The summed E-state index contributed by atoms with van der Waals surface area (Å²) in [5.41, 5.74) is 0. The maximum Gasteiger partial charge on any atom is 0.246 e. The number of amides is 1. The van der Waals surface area contributed by atoms with Gasteiger partial charge in [-0.3, -0.25) is 4.79 Å². The molecule has 0 aliphatic rings. The molecule has 0 heterocycles. The second-order valence-electron chi connectivity index (χ2n) is 3.92. The molecule has 0 rings (SSSR count). The number of rotatable bonds is 8. The van der Waals surface area contributed by atoms with E-state index in [4.69, 9.17) is 16.3 Å². The van der Waals surface area contributed by atoms with Gasteiger partial charge in [-0.15, -0.1) is 11.6 Å². The van der Waals surface area contributed by atoms with Gasteiger partial charge in [-0.2, -0.15) is 0 Å². The Morgan fingerprint density at radius 1 is 1.47 bits per heavy atom. The number of carbonyl (C=O) groups is 1. The highest BCUT2D eigenvalue weighted by Crippen LogP contribution is 2.07. The lowest BCUT2D eigenvalue weighted by molar-refractivity contribution is -0.127. The summed E-state index contributed by atoms with van der Waals surface area (Å²) in [5, 5.41) is 2.85. The van der Waals surface area contributed by atoms with Crippen molar-refractivity contribution in [2.24, 2.45) is 5.92 Å². The molecule has 0 bridgehead atoms. The SMILES string of the molecule is CCC(CCCl)CNC(=O)COC(C)C. The van der Waals surface area contributed by atoms with Crippen LogP contribution in [0.1, 0.15) is 33.6 Å². The van der Waals surface area contributed by atoms with Crippen LogP contribution >= 0.6 is 11.6 Å². The molecule has 0 aromatic heterocycles. The van der Waals surface area contributed by atoms with Crippen LogP contribution in [0.2, 0.25) is 0 Å². The normalized spacial score (nSPS) is 12.9. The van der Waals surface area contributed by atoms with E-state index in [9.17, 15) is 4.79 Å². The highest BCUT2D eigenvalue weighted by Gasteiger charge is 2.08. The molecule has 4 heteroatoms. The van der Waals surface area contributed by atoms with E-state index in [1.54, 1.807) is 0 Å². The van der Waals surface area contributed by atoms with Gasteiger partial charge in [-0.25, -0.2) is 0 Å². The Morgan fingerprint density at radius 2 is 2.13 bits per heavy atom. The Balaban J connectivity index is 3.59. The van der Waals surface area contributed by atoms with Gasteiger partial charge in [0.25, 0.3) is 0 Å². The van der Waals surface area contributed by atoms with Crippen LogP contribution in [0.25, 0.3) is 0 Å². The number of hydrogen-bond donors (Lipinski definition) is 1. The molecule has 0 saturated carbocycles. The standard InChI is InChI=1S/C11H22ClNO2/c1-4-10(5-6-12)7-13-11(14)8-15-9(2)3/h9-10H,4-8H2,1-3H3,(H,13,14).